The summed E-state index contributed by atoms with van der Waals surface area (Å²) in [6.45, 7) is 2.90. The molecule has 0 bridgehead atoms. The van der Waals surface area contributed by atoms with Gasteiger partial charge in [-0.15, -0.1) is 0 Å². The van der Waals surface area contributed by atoms with Gasteiger partial charge >= 0.3 is 6.18 Å². The van der Waals surface area contributed by atoms with Crippen LogP contribution in [-0.2, 0) is 9.47 Å². The van der Waals surface area contributed by atoms with E-state index in [1.54, 1.807) is 0 Å². The van der Waals surface area contributed by atoms with Gasteiger partial charge in [-0.2, -0.15) is 13.2 Å². The average Bonchev–Trinajstić information content (AvgIpc) is 2.66. The molecule has 162 valence electrons. The lowest BCUT2D eigenvalue weighted by molar-refractivity contribution is -0.191. The Hall–Kier alpha value is -0.620. The van der Waals surface area contributed by atoms with Crippen LogP contribution in [0, 0.1) is 29.6 Å². The average molecular weight is 407 g/mol. The summed E-state index contributed by atoms with van der Waals surface area (Å²) in [7, 11) is 0. The summed E-state index contributed by atoms with van der Waals surface area (Å²) in [4.78, 5) is 0. The Labute approximate surface area is 166 Å². The summed E-state index contributed by atoms with van der Waals surface area (Å²) in [5, 5.41) is 0. The first kappa shape index (κ1) is 22.1. The Morgan fingerprint density at radius 2 is 1.32 bits per heavy atom. The highest BCUT2D eigenvalue weighted by Gasteiger charge is 2.33. The molecule has 3 fully saturated rings. The van der Waals surface area contributed by atoms with Crippen molar-refractivity contribution in [3.63, 3.8) is 0 Å². The predicted octanol–water partition coefficient (Wildman–Crippen LogP) is 6.80. The van der Waals surface area contributed by atoms with Crippen LogP contribution in [0.15, 0.2) is 11.9 Å². The van der Waals surface area contributed by atoms with Crippen LogP contribution in [0.25, 0.3) is 0 Å². The number of allylic oxidation sites excluding steroid dienone is 1. The maximum Gasteiger partial charge on any atom is 0.412 e. The van der Waals surface area contributed by atoms with Crippen molar-refractivity contribution in [1.29, 1.82) is 0 Å². The molecule has 6 heteroatoms. The molecule has 1 aliphatic heterocycles. The monoisotopic (exact) mass is 406 g/mol. The van der Waals surface area contributed by atoms with Crippen LogP contribution in [0.5, 0.6) is 0 Å². The van der Waals surface area contributed by atoms with Crippen LogP contribution < -0.4 is 0 Å². The van der Waals surface area contributed by atoms with E-state index in [2.05, 4.69) is 6.92 Å². The minimum absolute atomic E-state index is 0.146. The molecular weight excluding hydrogens is 372 g/mol. The molecular formula is C22H34F4O2. The summed E-state index contributed by atoms with van der Waals surface area (Å²) >= 11 is 0. The van der Waals surface area contributed by atoms with Gasteiger partial charge < -0.3 is 9.47 Å². The molecule has 0 unspecified atom stereocenters. The molecule has 1 heterocycles. The lowest BCUT2D eigenvalue weighted by Gasteiger charge is -2.37. The lowest BCUT2D eigenvalue weighted by atomic mass is 9.69. The highest BCUT2D eigenvalue weighted by atomic mass is 19.4. The fourth-order valence-corrected chi connectivity index (χ4v) is 5.27. The van der Waals surface area contributed by atoms with Crippen molar-refractivity contribution in [3.8, 4) is 0 Å². The van der Waals surface area contributed by atoms with Gasteiger partial charge in [0.15, 0.2) is 5.83 Å². The van der Waals surface area contributed by atoms with E-state index in [-0.39, 0.29) is 25.2 Å². The number of ether oxygens (including phenoxy) is 2. The minimum Gasteiger partial charge on any atom is -0.346 e. The van der Waals surface area contributed by atoms with Crippen molar-refractivity contribution in [3.05, 3.63) is 11.9 Å². The fourth-order valence-electron chi connectivity index (χ4n) is 5.27. The van der Waals surface area contributed by atoms with E-state index in [0.29, 0.717) is 0 Å². The van der Waals surface area contributed by atoms with Gasteiger partial charge in [0.05, 0.1) is 19.3 Å². The van der Waals surface area contributed by atoms with E-state index >= 15 is 0 Å². The zero-order valence-corrected chi connectivity index (χ0v) is 16.9. The van der Waals surface area contributed by atoms with E-state index in [1.807, 2.05) is 0 Å². The molecule has 0 aromatic heterocycles. The van der Waals surface area contributed by atoms with Crippen molar-refractivity contribution in [2.75, 3.05) is 13.2 Å². The van der Waals surface area contributed by atoms with Gasteiger partial charge in [0.1, 0.15) is 0 Å². The molecule has 0 radical (unpaired) electrons. The quantitative estimate of drug-likeness (QED) is 0.467. The van der Waals surface area contributed by atoms with Crippen LogP contribution in [0.4, 0.5) is 17.6 Å². The molecule has 3 aliphatic rings. The van der Waals surface area contributed by atoms with Crippen molar-refractivity contribution in [2.45, 2.75) is 83.6 Å². The minimum atomic E-state index is -4.69. The second kappa shape index (κ2) is 9.92. The third-order valence-corrected chi connectivity index (χ3v) is 7.10. The molecule has 2 aliphatic carbocycles. The largest absolute Gasteiger partial charge is 0.412 e. The Kier molecular flexibility index (Phi) is 7.82. The van der Waals surface area contributed by atoms with Gasteiger partial charge in [0.25, 0.3) is 0 Å². The maximum atomic E-state index is 13.5. The zero-order chi connectivity index (χ0) is 20.1. The molecule has 0 N–H and O–H groups in total. The Bertz CT molecular complexity index is 495. The van der Waals surface area contributed by atoms with Crippen molar-refractivity contribution in [2.24, 2.45) is 29.6 Å². The number of hydrogen-bond donors (Lipinski definition) is 0. The highest BCUT2D eigenvalue weighted by molar-refractivity contribution is 5.00. The maximum absolute atomic E-state index is 13.5. The Balaban J connectivity index is 1.32. The molecule has 0 atom stereocenters. The second-order valence-corrected chi connectivity index (χ2v) is 9.31. The number of rotatable bonds is 5. The van der Waals surface area contributed by atoms with Crippen LogP contribution in [-0.4, -0.2) is 25.7 Å². The topological polar surface area (TPSA) is 18.5 Å². The van der Waals surface area contributed by atoms with Crippen LogP contribution >= 0.6 is 0 Å². The first-order valence-corrected chi connectivity index (χ1v) is 11.0. The van der Waals surface area contributed by atoms with E-state index in [9.17, 15) is 17.6 Å². The number of halogens is 4. The summed E-state index contributed by atoms with van der Waals surface area (Å²) in [5.41, 5.74) is 0. The summed E-state index contributed by atoms with van der Waals surface area (Å²) < 4.78 is 60.4. The third-order valence-electron chi connectivity index (χ3n) is 7.10. The molecule has 0 amide bonds. The van der Waals surface area contributed by atoms with Gasteiger partial charge in [-0.1, -0.05) is 39.0 Å². The van der Waals surface area contributed by atoms with Crippen molar-refractivity contribution in [1.82, 2.24) is 0 Å². The molecule has 2 saturated carbocycles. The summed E-state index contributed by atoms with van der Waals surface area (Å²) in [5.74, 6) is 2.24. The number of alkyl halides is 3. The Morgan fingerprint density at radius 1 is 0.821 bits per heavy atom. The molecule has 28 heavy (non-hydrogen) atoms. The SMILES string of the molecule is CC1CCC(C2CCC(CCC3COC(/C(F)=C/C(F)(F)F)OC3)CC2)CC1. The summed E-state index contributed by atoms with van der Waals surface area (Å²) in [6, 6.07) is 0. The lowest BCUT2D eigenvalue weighted by Crippen LogP contribution is -2.33. The predicted molar refractivity (Wildman–Crippen MR) is 100 cm³/mol. The van der Waals surface area contributed by atoms with Crippen LogP contribution in [0.3, 0.4) is 0 Å². The highest BCUT2D eigenvalue weighted by Crippen LogP contribution is 2.42. The summed E-state index contributed by atoms with van der Waals surface area (Å²) in [6.07, 6.45) is 6.34. The van der Waals surface area contributed by atoms with Crippen molar-refractivity contribution < 1.29 is 27.0 Å². The first-order valence-electron chi connectivity index (χ1n) is 11.0. The van der Waals surface area contributed by atoms with Crippen molar-refractivity contribution >= 4 is 0 Å². The van der Waals surface area contributed by atoms with Gasteiger partial charge in [-0.05, 0) is 55.8 Å². The molecule has 0 aromatic rings. The normalized spacial score (nSPS) is 38.4. The van der Waals surface area contributed by atoms with Crippen LogP contribution in [0.2, 0.25) is 0 Å². The zero-order valence-electron chi connectivity index (χ0n) is 16.9. The van der Waals surface area contributed by atoms with E-state index in [1.165, 1.54) is 51.4 Å². The molecule has 2 nitrogen and oxygen atoms in total. The third kappa shape index (κ3) is 6.72. The Morgan fingerprint density at radius 3 is 1.86 bits per heavy atom. The molecule has 1 saturated heterocycles. The number of hydrogen-bond acceptors (Lipinski definition) is 2. The van der Waals surface area contributed by atoms with E-state index < -0.39 is 18.3 Å². The van der Waals surface area contributed by atoms with E-state index in [0.717, 1.165) is 36.5 Å². The molecule has 3 rings (SSSR count). The fraction of sp³-hybridized carbons (Fsp3) is 0.909. The molecule has 0 aromatic carbocycles. The van der Waals surface area contributed by atoms with Crippen LogP contribution in [0.1, 0.15) is 71.1 Å². The van der Waals surface area contributed by atoms with E-state index in [4.69, 9.17) is 9.47 Å². The smallest absolute Gasteiger partial charge is 0.346 e. The van der Waals surface area contributed by atoms with Gasteiger partial charge in [-0.3, -0.25) is 0 Å². The second-order valence-electron chi connectivity index (χ2n) is 9.31. The first-order chi connectivity index (χ1) is 13.3. The van der Waals surface area contributed by atoms with Gasteiger partial charge in [-0.25, -0.2) is 4.39 Å². The van der Waals surface area contributed by atoms with Gasteiger partial charge in [0, 0.05) is 5.92 Å². The molecule has 0 spiro atoms. The standard InChI is InChI=1S/C22H34F4O2/c1-15-2-8-18(9-3-15)19-10-6-16(7-11-19)4-5-17-13-27-21(28-14-17)20(23)12-22(24,25)26/h12,15-19,21H,2-11,13-14H2,1H3/b20-12-. The van der Waals surface area contributed by atoms with Gasteiger partial charge in [0.2, 0.25) is 6.29 Å².